The lowest BCUT2D eigenvalue weighted by Gasteiger charge is -2.04. The highest BCUT2D eigenvalue weighted by Crippen LogP contribution is 2.27. The SMILES string of the molecule is CC(=O)O.CC(=O)O.N=C(N)c1cc(C(=N)N)c2cc(-c3ccccc3)[nH]c2c1. The number of hydrogen-bond acceptors (Lipinski definition) is 4. The molecule has 152 valence electrons. The molecule has 0 radical (unpaired) electrons. The number of rotatable bonds is 3. The Bertz CT molecular complexity index is 1020. The molecule has 0 aliphatic heterocycles. The van der Waals surface area contributed by atoms with Crippen LogP contribution >= 0.6 is 0 Å². The zero-order chi connectivity index (χ0) is 22.1. The highest BCUT2D eigenvalue weighted by molar-refractivity contribution is 6.11. The van der Waals surface area contributed by atoms with E-state index in [1.807, 2.05) is 36.4 Å². The number of H-pyrrole nitrogens is 1. The van der Waals surface area contributed by atoms with Gasteiger partial charge in [0.15, 0.2) is 0 Å². The molecule has 0 spiro atoms. The van der Waals surface area contributed by atoms with Crippen LogP contribution in [0.15, 0.2) is 48.5 Å². The smallest absolute Gasteiger partial charge is 0.300 e. The van der Waals surface area contributed by atoms with Gasteiger partial charge in [0.05, 0.1) is 0 Å². The molecule has 9 N–H and O–H groups in total. The van der Waals surface area contributed by atoms with Crippen molar-refractivity contribution in [1.82, 2.24) is 4.98 Å². The van der Waals surface area contributed by atoms with Crippen LogP contribution in [0.4, 0.5) is 0 Å². The number of benzene rings is 2. The van der Waals surface area contributed by atoms with Crippen LogP contribution in [0.25, 0.3) is 22.2 Å². The maximum atomic E-state index is 9.00. The van der Waals surface area contributed by atoms with Gasteiger partial charge in [-0.25, -0.2) is 0 Å². The zero-order valence-electron chi connectivity index (χ0n) is 16.0. The summed E-state index contributed by atoms with van der Waals surface area (Å²) < 4.78 is 0. The highest BCUT2D eigenvalue weighted by Gasteiger charge is 2.12. The Morgan fingerprint density at radius 2 is 1.41 bits per heavy atom. The highest BCUT2D eigenvalue weighted by atomic mass is 16.4. The molecule has 9 heteroatoms. The van der Waals surface area contributed by atoms with Crippen LogP contribution in [0.5, 0.6) is 0 Å². The van der Waals surface area contributed by atoms with Crippen molar-refractivity contribution in [2.45, 2.75) is 13.8 Å². The standard InChI is InChI=1S/C16H15N5.2C2H4O2/c17-15(18)10-6-12(16(19)20)11-8-13(21-14(11)7-10)9-4-2-1-3-5-9;2*1-2(3)4/h1-8,21H,(H3,17,18)(H3,19,20);2*1H3,(H,3,4). The Balaban J connectivity index is 0.000000452. The Labute approximate surface area is 167 Å². The molecule has 0 amide bonds. The Morgan fingerprint density at radius 3 is 1.86 bits per heavy atom. The molecule has 3 rings (SSSR count). The van der Waals surface area contributed by atoms with Gasteiger partial charge in [-0.05, 0) is 23.8 Å². The van der Waals surface area contributed by atoms with Gasteiger partial charge in [0.2, 0.25) is 0 Å². The lowest BCUT2D eigenvalue weighted by molar-refractivity contribution is -0.135. The largest absolute Gasteiger partial charge is 0.481 e. The molecular weight excluding hydrogens is 374 g/mol. The molecule has 3 aromatic rings. The molecule has 0 unspecified atom stereocenters. The first kappa shape index (κ1) is 22.9. The van der Waals surface area contributed by atoms with Gasteiger partial charge in [-0.3, -0.25) is 20.4 Å². The first-order valence-corrected chi connectivity index (χ1v) is 8.33. The van der Waals surface area contributed by atoms with E-state index in [0.29, 0.717) is 11.1 Å². The van der Waals surface area contributed by atoms with Gasteiger partial charge in [0.25, 0.3) is 11.9 Å². The minimum Gasteiger partial charge on any atom is -0.481 e. The topological polar surface area (TPSA) is 190 Å². The Kier molecular flexibility index (Phi) is 8.10. The van der Waals surface area contributed by atoms with Gasteiger partial charge in [0, 0.05) is 41.6 Å². The summed E-state index contributed by atoms with van der Waals surface area (Å²) in [6.45, 7) is 2.17. The fourth-order valence-electron chi connectivity index (χ4n) is 2.39. The van der Waals surface area contributed by atoms with Gasteiger partial charge in [0.1, 0.15) is 11.7 Å². The van der Waals surface area contributed by atoms with Crippen molar-refractivity contribution in [1.29, 1.82) is 10.8 Å². The quantitative estimate of drug-likeness (QED) is 0.262. The van der Waals surface area contributed by atoms with E-state index < -0.39 is 11.9 Å². The van der Waals surface area contributed by atoms with Crippen LogP contribution in [-0.4, -0.2) is 38.8 Å². The van der Waals surface area contributed by atoms with Crippen molar-refractivity contribution >= 4 is 34.5 Å². The number of carbonyl (C=O) groups is 2. The van der Waals surface area contributed by atoms with Gasteiger partial charge in [-0.2, -0.15) is 0 Å². The number of nitrogens with one attached hydrogen (secondary N) is 3. The maximum Gasteiger partial charge on any atom is 0.300 e. The fraction of sp³-hybridized carbons (Fsp3) is 0.100. The van der Waals surface area contributed by atoms with E-state index >= 15 is 0 Å². The van der Waals surface area contributed by atoms with Crippen molar-refractivity contribution < 1.29 is 19.8 Å². The fourth-order valence-corrected chi connectivity index (χ4v) is 2.39. The number of nitrogens with two attached hydrogens (primary N) is 2. The molecule has 0 atom stereocenters. The van der Waals surface area contributed by atoms with E-state index in [0.717, 1.165) is 36.0 Å². The number of hydrogen-bond donors (Lipinski definition) is 7. The van der Waals surface area contributed by atoms with Crippen molar-refractivity contribution in [3.8, 4) is 11.3 Å². The third-order valence-electron chi connectivity index (χ3n) is 3.42. The lowest BCUT2D eigenvalue weighted by Crippen LogP contribution is -2.15. The maximum absolute atomic E-state index is 9.00. The molecule has 0 fully saturated rings. The summed E-state index contributed by atoms with van der Waals surface area (Å²) >= 11 is 0. The number of fused-ring (bicyclic) bond motifs is 1. The third kappa shape index (κ3) is 7.18. The molecule has 29 heavy (non-hydrogen) atoms. The molecule has 0 aliphatic rings. The number of aromatic amines is 1. The molecule has 0 aliphatic carbocycles. The number of carboxylic acids is 2. The van der Waals surface area contributed by atoms with Crippen LogP contribution < -0.4 is 11.5 Å². The van der Waals surface area contributed by atoms with E-state index in [4.69, 9.17) is 42.1 Å². The van der Waals surface area contributed by atoms with Crippen LogP contribution in [0.1, 0.15) is 25.0 Å². The molecule has 0 bridgehead atoms. The van der Waals surface area contributed by atoms with Gasteiger partial charge >= 0.3 is 0 Å². The summed E-state index contributed by atoms with van der Waals surface area (Å²) in [5.41, 5.74) is 15.1. The van der Waals surface area contributed by atoms with Crippen molar-refractivity contribution in [3.05, 3.63) is 59.7 Å². The van der Waals surface area contributed by atoms with E-state index in [2.05, 4.69) is 4.98 Å². The summed E-state index contributed by atoms with van der Waals surface area (Å²) in [6, 6.07) is 15.3. The predicted molar refractivity (Wildman–Crippen MR) is 112 cm³/mol. The predicted octanol–water partition coefficient (Wildman–Crippen LogP) is 2.58. The van der Waals surface area contributed by atoms with Gasteiger partial charge < -0.3 is 26.7 Å². The number of nitrogen functional groups attached to an aromatic ring is 2. The second-order valence-corrected chi connectivity index (χ2v) is 5.90. The molecular formula is C20H23N5O4. The molecule has 9 nitrogen and oxygen atoms in total. The first-order chi connectivity index (χ1) is 13.5. The number of amidine groups is 2. The minimum absolute atomic E-state index is 0.0401. The van der Waals surface area contributed by atoms with Crippen molar-refractivity contribution in [3.63, 3.8) is 0 Å². The number of aliphatic carboxylic acids is 2. The normalized spacial score (nSPS) is 9.45. The summed E-state index contributed by atoms with van der Waals surface area (Å²) in [4.78, 5) is 21.3. The van der Waals surface area contributed by atoms with Crippen molar-refractivity contribution in [2.24, 2.45) is 11.5 Å². The van der Waals surface area contributed by atoms with Crippen LogP contribution in [0, 0.1) is 10.8 Å². The second kappa shape index (κ2) is 10.3. The average molecular weight is 397 g/mol. The van der Waals surface area contributed by atoms with Crippen molar-refractivity contribution in [2.75, 3.05) is 0 Å². The third-order valence-corrected chi connectivity index (χ3v) is 3.42. The molecule has 1 heterocycles. The number of carboxylic acid groups (broad SMARTS) is 2. The van der Waals surface area contributed by atoms with Gasteiger partial charge in [-0.1, -0.05) is 30.3 Å². The van der Waals surface area contributed by atoms with Crippen LogP contribution in [0.2, 0.25) is 0 Å². The zero-order valence-corrected chi connectivity index (χ0v) is 16.0. The number of aromatic nitrogens is 1. The van der Waals surface area contributed by atoms with E-state index in [1.165, 1.54) is 0 Å². The van der Waals surface area contributed by atoms with Crippen LogP contribution in [0.3, 0.4) is 0 Å². The molecule has 1 aromatic heterocycles. The summed E-state index contributed by atoms with van der Waals surface area (Å²) in [6.07, 6.45) is 0. The molecule has 2 aromatic carbocycles. The van der Waals surface area contributed by atoms with Crippen LogP contribution in [-0.2, 0) is 9.59 Å². The van der Waals surface area contributed by atoms with Gasteiger partial charge in [-0.15, -0.1) is 0 Å². The summed E-state index contributed by atoms with van der Waals surface area (Å²) in [5.74, 6) is -1.75. The minimum atomic E-state index is -0.833. The van der Waals surface area contributed by atoms with E-state index in [9.17, 15) is 0 Å². The monoisotopic (exact) mass is 397 g/mol. The molecule has 0 saturated carbocycles. The Morgan fingerprint density at radius 1 is 0.897 bits per heavy atom. The lowest BCUT2D eigenvalue weighted by atomic mass is 10.0. The van der Waals surface area contributed by atoms with E-state index in [-0.39, 0.29) is 11.7 Å². The first-order valence-electron chi connectivity index (χ1n) is 8.33. The Hall–Kier alpha value is -4.14. The molecule has 0 saturated heterocycles. The second-order valence-electron chi connectivity index (χ2n) is 5.90. The summed E-state index contributed by atoms with van der Waals surface area (Å²) in [7, 11) is 0. The average Bonchev–Trinajstić information content (AvgIpc) is 3.04. The van der Waals surface area contributed by atoms with E-state index in [1.54, 1.807) is 12.1 Å². The summed E-state index contributed by atoms with van der Waals surface area (Å²) in [5, 5.41) is 31.0.